The summed E-state index contributed by atoms with van der Waals surface area (Å²) in [6.45, 7) is 10.5. The normalized spacial score (nSPS) is 26.2. The van der Waals surface area contributed by atoms with Crippen molar-refractivity contribution in [3.05, 3.63) is 0 Å². The number of piperidine rings is 1. The second-order valence-electron chi connectivity index (χ2n) is 5.96. The number of likely N-dealkylation sites (tertiary alicyclic amines) is 1. The van der Waals surface area contributed by atoms with Crippen LogP contribution in [0.15, 0.2) is 0 Å². The number of hydrogen-bond acceptors (Lipinski definition) is 3. The van der Waals surface area contributed by atoms with Crippen LogP contribution in [0.4, 0.5) is 0 Å². The standard InChI is InChI=1S/C12H25N3O.ClH/c1-9-7-15(6-5-10(9)13)8-11(16)14-12(2,3)4;/h9-10H,5-8,13H2,1-4H3,(H,14,16);1H. The minimum atomic E-state index is -0.144. The van der Waals surface area contributed by atoms with Crippen molar-refractivity contribution >= 4 is 18.3 Å². The van der Waals surface area contributed by atoms with Gasteiger partial charge in [-0.25, -0.2) is 0 Å². The molecule has 5 heteroatoms. The lowest BCUT2D eigenvalue weighted by molar-refractivity contribution is -0.124. The summed E-state index contributed by atoms with van der Waals surface area (Å²) >= 11 is 0. The molecule has 3 N–H and O–H groups in total. The summed E-state index contributed by atoms with van der Waals surface area (Å²) in [6, 6.07) is 0.293. The van der Waals surface area contributed by atoms with Gasteiger partial charge in [-0.15, -0.1) is 12.4 Å². The monoisotopic (exact) mass is 263 g/mol. The molecular weight excluding hydrogens is 238 g/mol. The molecule has 0 bridgehead atoms. The second kappa shape index (κ2) is 6.57. The summed E-state index contributed by atoms with van der Waals surface area (Å²) < 4.78 is 0. The molecule has 1 aliphatic rings. The SMILES string of the molecule is CC1CN(CC(=O)NC(C)(C)C)CCC1N.Cl. The molecule has 1 amide bonds. The van der Waals surface area contributed by atoms with Crippen LogP contribution >= 0.6 is 12.4 Å². The van der Waals surface area contributed by atoms with E-state index in [2.05, 4.69) is 17.1 Å². The molecule has 0 saturated carbocycles. The highest BCUT2D eigenvalue weighted by Gasteiger charge is 2.25. The molecule has 0 aliphatic carbocycles. The van der Waals surface area contributed by atoms with Gasteiger partial charge in [-0.1, -0.05) is 6.92 Å². The van der Waals surface area contributed by atoms with Gasteiger partial charge in [0, 0.05) is 24.7 Å². The molecule has 0 aromatic rings. The number of nitrogens with one attached hydrogen (secondary N) is 1. The van der Waals surface area contributed by atoms with Crippen LogP contribution in [0.3, 0.4) is 0 Å². The maximum atomic E-state index is 11.7. The highest BCUT2D eigenvalue weighted by Crippen LogP contribution is 2.14. The number of amides is 1. The van der Waals surface area contributed by atoms with E-state index in [9.17, 15) is 4.79 Å². The van der Waals surface area contributed by atoms with Crippen LogP contribution in [0.2, 0.25) is 0 Å². The van der Waals surface area contributed by atoms with Crippen LogP contribution in [0, 0.1) is 5.92 Å². The number of carbonyl (C=O) groups excluding carboxylic acids is 1. The molecule has 102 valence electrons. The van der Waals surface area contributed by atoms with E-state index in [0.29, 0.717) is 18.5 Å². The van der Waals surface area contributed by atoms with E-state index < -0.39 is 0 Å². The fourth-order valence-corrected chi connectivity index (χ4v) is 2.05. The van der Waals surface area contributed by atoms with Crippen molar-refractivity contribution in [2.45, 2.75) is 45.7 Å². The fourth-order valence-electron chi connectivity index (χ4n) is 2.05. The maximum Gasteiger partial charge on any atom is 0.234 e. The first-order valence-corrected chi connectivity index (χ1v) is 6.07. The molecule has 2 unspecified atom stereocenters. The lowest BCUT2D eigenvalue weighted by Gasteiger charge is -2.35. The zero-order valence-electron chi connectivity index (χ0n) is 11.3. The van der Waals surface area contributed by atoms with Crippen molar-refractivity contribution in [1.29, 1.82) is 0 Å². The third kappa shape index (κ3) is 6.24. The largest absolute Gasteiger partial charge is 0.350 e. The molecule has 1 fully saturated rings. The van der Waals surface area contributed by atoms with Crippen molar-refractivity contribution in [3.63, 3.8) is 0 Å². The number of nitrogens with two attached hydrogens (primary N) is 1. The van der Waals surface area contributed by atoms with E-state index in [-0.39, 0.29) is 23.9 Å². The van der Waals surface area contributed by atoms with Crippen LogP contribution in [0.5, 0.6) is 0 Å². The van der Waals surface area contributed by atoms with Gasteiger partial charge in [0.1, 0.15) is 0 Å². The molecule has 1 rings (SSSR count). The Labute approximate surface area is 111 Å². The topological polar surface area (TPSA) is 58.4 Å². The molecule has 1 saturated heterocycles. The van der Waals surface area contributed by atoms with Crippen LogP contribution in [-0.2, 0) is 4.79 Å². The van der Waals surface area contributed by atoms with Crippen molar-refractivity contribution in [3.8, 4) is 0 Å². The Morgan fingerprint density at radius 3 is 2.53 bits per heavy atom. The van der Waals surface area contributed by atoms with Gasteiger partial charge in [-0.05, 0) is 33.1 Å². The number of nitrogens with zero attached hydrogens (tertiary/aromatic N) is 1. The molecule has 2 atom stereocenters. The van der Waals surface area contributed by atoms with E-state index in [0.717, 1.165) is 19.5 Å². The zero-order valence-corrected chi connectivity index (χ0v) is 12.1. The molecule has 4 nitrogen and oxygen atoms in total. The van der Waals surface area contributed by atoms with Gasteiger partial charge in [-0.2, -0.15) is 0 Å². The van der Waals surface area contributed by atoms with Gasteiger partial charge in [0.05, 0.1) is 6.54 Å². The highest BCUT2D eigenvalue weighted by atomic mass is 35.5. The Kier molecular flexibility index (Phi) is 6.45. The van der Waals surface area contributed by atoms with Crippen molar-refractivity contribution in [2.75, 3.05) is 19.6 Å². The summed E-state index contributed by atoms with van der Waals surface area (Å²) in [4.78, 5) is 13.9. The Morgan fingerprint density at radius 1 is 1.47 bits per heavy atom. The van der Waals surface area contributed by atoms with Crippen LogP contribution in [0.25, 0.3) is 0 Å². The number of rotatable bonds is 2. The molecular formula is C12H26ClN3O. The summed E-state index contributed by atoms with van der Waals surface area (Å²) in [7, 11) is 0. The minimum absolute atomic E-state index is 0. The lowest BCUT2D eigenvalue weighted by atomic mass is 9.95. The van der Waals surface area contributed by atoms with Crippen molar-refractivity contribution in [1.82, 2.24) is 10.2 Å². The molecule has 0 aromatic heterocycles. The Hall–Kier alpha value is -0.320. The summed E-state index contributed by atoms with van der Waals surface area (Å²) in [5.74, 6) is 0.589. The molecule has 1 aliphatic heterocycles. The van der Waals surface area contributed by atoms with E-state index in [1.54, 1.807) is 0 Å². The van der Waals surface area contributed by atoms with Gasteiger partial charge in [-0.3, -0.25) is 9.69 Å². The fraction of sp³-hybridized carbons (Fsp3) is 0.917. The van der Waals surface area contributed by atoms with Gasteiger partial charge in [0.2, 0.25) is 5.91 Å². The van der Waals surface area contributed by atoms with Crippen LogP contribution in [-0.4, -0.2) is 42.0 Å². The Bertz CT molecular complexity index is 253. The van der Waals surface area contributed by atoms with Crippen LogP contribution < -0.4 is 11.1 Å². The number of halogens is 1. The third-order valence-electron chi connectivity index (χ3n) is 2.94. The summed E-state index contributed by atoms with van der Waals surface area (Å²) in [6.07, 6.45) is 0.990. The molecule has 0 radical (unpaired) electrons. The molecule has 0 aromatic carbocycles. The third-order valence-corrected chi connectivity index (χ3v) is 2.94. The van der Waals surface area contributed by atoms with Gasteiger partial charge in [0.15, 0.2) is 0 Å². The summed E-state index contributed by atoms with van der Waals surface area (Å²) in [5, 5.41) is 2.98. The lowest BCUT2D eigenvalue weighted by Crippen LogP contribution is -2.51. The summed E-state index contributed by atoms with van der Waals surface area (Å²) in [5.41, 5.74) is 5.80. The molecule has 1 heterocycles. The zero-order chi connectivity index (χ0) is 12.3. The van der Waals surface area contributed by atoms with E-state index in [1.807, 2.05) is 20.8 Å². The first-order valence-electron chi connectivity index (χ1n) is 6.07. The number of carbonyl (C=O) groups is 1. The maximum absolute atomic E-state index is 11.7. The van der Waals surface area contributed by atoms with E-state index in [1.165, 1.54) is 0 Å². The Morgan fingerprint density at radius 2 is 2.06 bits per heavy atom. The predicted molar refractivity (Wildman–Crippen MR) is 73.3 cm³/mol. The number of hydrogen-bond donors (Lipinski definition) is 2. The van der Waals surface area contributed by atoms with E-state index in [4.69, 9.17) is 5.73 Å². The van der Waals surface area contributed by atoms with Crippen molar-refractivity contribution in [2.24, 2.45) is 11.7 Å². The van der Waals surface area contributed by atoms with Gasteiger partial charge in [0.25, 0.3) is 0 Å². The highest BCUT2D eigenvalue weighted by molar-refractivity contribution is 5.85. The van der Waals surface area contributed by atoms with Gasteiger partial charge >= 0.3 is 0 Å². The first kappa shape index (κ1) is 16.7. The van der Waals surface area contributed by atoms with E-state index >= 15 is 0 Å². The first-order chi connectivity index (χ1) is 7.28. The average Bonchev–Trinajstić information content (AvgIpc) is 2.08. The van der Waals surface area contributed by atoms with Crippen LogP contribution in [0.1, 0.15) is 34.1 Å². The smallest absolute Gasteiger partial charge is 0.234 e. The molecule has 0 spiro atoms. The quantitative estimate of drug-likeness (QED) is 0.781. The second-order valence-corrected chi connectivity index (χ2v) is 5.96. The average molecular weight is 264 g/mol. The van der Waals surface area contributed by atoms with Gasteiger partial charge < -0.3 is 11.1 Å². The molecule has 17 heavy (non-hydrogen) atoms. The van der Waals surface area contributed by atoms with Crippen molar-refractivity contribution < 1.29 is 4.79 Å². The predicted octanol–water partition coefficient (Wildman–Crippen LogP) is 0.992. The minimum Gasteiger partial charge on any atom is -0.350 e. The Balaban J connectivity index is 0.00000256.